The molecule has 0 saturated heterocycles. The minimum atomic E-state index is 0.874. The van der Waals surface area contributed by atoms with Crippen LogP contribution >= 0.6 is 0 Å². The van der Waals surface area contributed by atoms with Crippen molar-refractivity contribution in [2.24, 2.45) is 0 Å². The molecule has 1 rings (SSSR count). The van der Waals surface area contributed by atoms with Gasteiger partial charge in [-0.3, -0.25) is 4.68 Å². The van der Waals surface area contributed by atoms with Crippen molar-refractivity contribution in [3.8, 4) is 11.8 Å². The topological polar surface area (TPSA) is 29.9 Å². The maximum atomic E-state index is 4.47. The molecular weight excluding hydrogens is 198 g/mol. The highest BCUT2D eigenvalue weighted by atomic mass is 15.3. The van der Waals surface area contributed by atoms with Crippen molar-refractivity contribution in [3.05, 3.63) is 17.5 Å². The van der Waals surface area contributed by atoms with Crippen LogP contribution in [-0.2, 0) is 13.1 Å². The average Bonchev–Trinajstić information content (AvgIpc) is 2.61. The maximum Gasteiger partial charge on any atom is 0.0638 e. The molecule has 0 aliphatic carbocycles. The molecule has 0 aliphatic rings. The van der Waals surface area contributed by atoms with E-state index in [-0.39, 0.29) is 0 Å². The Morgan fingerprint density at radius 3 is 3.00 bits per heavy atom. The van der Waals surface area contributed by atoms with E-state index in [1.165, 1.54) is 12.0 Å². The molecule has 0 bridgehead atoms. The third-order valence-corrected chi connectivity index (χ3v) is 2.43. The molecule has 1 aromatic heterocycles. The number of nitrogens with zero attached hydrogens (tertiary/aromatic N) is 2. The number of hydrogen-bond acceptors (Lipinski definition) is 2. The molecule has 3 heteroatoms. The van der Waals surface area contributed by atoms with Gasteiger partial charge in [0.05, 0.1) is 12.2 Å². The van der Waals surface area contributed by atoms with E-state index in [4.69, 9.17) is 0 Å². The van der Waals surface area contributed by atoms with Gasteiger partial charge in [-0.2, -0.15) is 5.10 Å². The van der Waals surface area contributed by atoms with Gasteiger partial charge in [0.15, 0.2) is 0 Å². The SMILES string of the molecule is CC#CCCn1cc(CNCCC)c(C)n1. The minimum absolute atomic E-state index is 0.874. The summed E-state index contributed by atoms with van der Waals surface area (Å²) in [5.74, 6) is 5.95. The first-order valence-corrected chi connectivity index (χ1v) is 5.91. The van der Waals surface area contributed by atoms with Crippen LogP contribution in [0.15, 0.2) is 6.20 Å². The van der Waals surface area contributed by atoms with Gasteiger partial charge < -0.3 is 5.32 Å². The van der Waals surface area contributed by atoms with Crippen molar-refractivity contribution in [1.82, 2.24) is 15.1 Å². The van der Waals surface area contributed by atoms with E-state index in [2.05, 4.69) is 42.3 Å². The van der Waals surface area contributed by atoms with Crippen LogP contribution in [0.3, 0.4) is 0 Å². The lowest BCUT2D eigenvalue weighted by Gasteiger charge is -2.00. The van der Waals surface area contributed by atoms with Gasteiger partial charge in [-0.1, -0.05) is 6.92 Å². The van der Waals surface area contributed by atoms with E-state index in [9.17, 15) is 0 Å². The molecule has 1 N–H and O–H groups in total. The van der Waals surface area contributed by atoms with Gasteiger partial charge in [-0.15, -0.1) is 11.8 Å². The maximum absolute atomic E-state index is 4.47. The van der Waals surface area contributed by atoms with E-state index in [0.29, 0.717) is 0 Å². The van der Waals surface area contributed by atoms with Gasteiger partial charge in [0.25, 0.3) is 0 Å². The van der Waals surface area contributed by atoms with Crippen LogP contribution in [0.5, 0.6) is 0 Å². The van der Waals surface area contributed by atoms with Gasteiger partial charge in [0.1, 0.15) is 0 Å². The lowest BCUT2D eigenvalue weighted by Crippen LogP contribution is -2.13. The van der Waals surface area contributed by atoms with Crippen LogP contribution in [0.2, 0.25) is 0 Å². The average molecular weight is 219 g/mol. The first-order valence-electron chi connectivity index (χ1n) is 5.91. The van der Waals surface area contributed by atoms with Crippen molar-refractivity contribution in [1.29, 1.82) is 0 Å². The fraction of sp³-hybridized carbons (Fsp3) is 0.615. The molecule has 0 saturated carbocycles. The Bertz CT molecular complexity index is 368. The van der Waals surface area contributed by atoms with Crippen LogP contribution in [0.1, 0.15) is 37.9 Å². The number of hydrogen-bond donors (Lipinski definition) is 1. The van der Waals surface area contributed by atoms with Crippen LogP contribution in [-0.4, -0.2) is 16.3 Å². The first-order chi connectivity index (χ1) is 7.77. The second-order valence-electron chi connectivity index (χ2n) is 3.86. The lowest BCUT2D eigenvalue weighted by atomic mass is 10.2. The minimum Gasteiger partial charge on any atom is -0.313 e. The van der Waals surface area contributed by atoms with Crippen molar-refractivity contribution < 1.29 is 0 Å². The zero-order valence-corrected chi connectivity index (χ0v) is 10.5. The fourth-order valence-electron chi connectivity index (χ4n) is 1.54. The molecule has 88 valence electrons. The molecule has 0 fully saturated rings. The van der Waals surface area contributed by atoms with Crippen LogP contribution in [0, 0.1) is 18.8 Å². The summed E-state index contributed by atoms with van der Waals surface area (Å²) in [6.07, 6.45) is 4.16. The van der Waals surface area contributed by atoms with Gasteiger partial charge in [0.2, 0.25) is 0 Å². The summed E-state index contributed by atoms with van der Waals surface area (Å²) in [6, 6.07) is 0. The highest BCUT2D eigenvalue weighted by Gasteiger charge is 2.03. The monoisotopic (exact) mass is 219 g/mol. The van der Waals surface area contributed by atoms with Gasteiger partial charge >= 0.3 is 0 Å². The summed E-state index contributed by atoms with van der Waals surface area (Å²) in [6.45, 7) is 8.96. The summed E-state index contributed by atoms with van der Waals surface area (Å²) in [4.78, 5) is 0. The van der Waals surface area contributed by atoms with Gasteiger partial charge in [-0.05, 0) is 26.8 Å². The Hall–Kier alpha value is -1.27. The molecule has 0 radical (unpaired) electrons. The lowest BCUT2D eigenvalue weighted by molar-refractivity contribution is 0.623. The summed E-state index contributed by atoms with van der Waals surface area (Å²) < 4.78 is 1.99. The number of rotatable bonds is 6. The summed E-state index contributed by atoms with van der Waals surface area (Å²) >= 11 is 0. The summed E-state index contributed by atoms with van der Waals surface area (Å²) in [5.41, 5.74) is 2.41. The second-order valence-corrected chi connectivity index (χ2v) is 3.86. The normalized spacial score (nSPS) is 9.94. The van der Waals surface area contributed by atoms with Crippen LogP contribution in [0.25, 0.3) is 0 Å². The highest BCUT2D eigenvalue weighted by molar-refractivity contribution is 5.15. The quantitative estimate of drug-likeness (QED) is 0.586. The molecule has 0 aliphatic heterocycles. The molecule has 1 aromatic rings. The Morgan fingerprint density at radius 1 is 1.50 bits per heavy atom. The second kappa shape index (κ2) is 7.08. The summed E-state index contributed by atoms with van der Waals surface area (Å²) in [7, 11) is 0. The van der Waals surface area contributed by atoms with Crippen LogP contribution in [0.4, 0.5) is 0 Å². The van der Waals surface area contributed by atoms with E-state index >= 15 is 0 Å². The van der Waals surface area contributed by atoms with Crippen molar-refractivity contribution in [2.45, 2.75) is 46.7 Å². The van der Waals surface area contributed by atoms with Crippen LogP contribution < -0.4 is 5.32 Å². The third-order valence-electron chi connectivity index (χ3n) is 2.43. The van der Waals surface area contributed by atoms with E-state index in [1.54, 1.807) is 0 Å². The zero-order chi connectivity index (χ0) is 11.8. The number of nitrogens with one attached hydrogen (secondary N) is 1. The summed E-state index contributed by atoms with van der Waals surface area (Å²) in [5, 5.41) is 7.86. The van der Waals surface area contributed by atoms with Gasteiger partial charge in [0, 0.05) is 24.7 Å². The standard InChI is InChI=1S/C13H21N3/c1-4-6-7-9-16-11-13(12(3)15-16)10-14-8-5-2/h11,14H,5,7-10H2,1-3H3. The van der Waals surface area contributed by atoms with Crippen molar-refractivity contribution >= 4 is 0 Å². The van der Waals surface area contributed by atoms with Crippen molar-refractivity contribution in [2.75, 3.05) is 6.54 Å². The molecular formula is C13H21N3. The molecule has 0 spiro atoms. The van der Waals surface area contributed by atoms with E-state index in [0.717, 1.165) is 31.7 Å². The molecule has 0 unspecified atom stereocenters. The largest absolute Gasteiger partial charge is 0.313 e. The predicted molar refractivity (Wildman–Crippen MR) is 67.0 cm³/mol. The third kappa shape index (κ3) is 4.08. The Kier molecular flexibility index (Phi) is 5.66. The Balaban J connectivity index is 2.47. The Morgan fingerprint density at radius 2 is 2.31 bits per heavy atom. The van der Waals surface area contributed by atoms with Gasteiger partial charge in [-0.25, -0.2) is 0 Å². The van der Waals surface area contributed by atoms with E-state index < -0.39 is 0 Å². The molecule has 0 amide bonds. The number of aryl methyl sites for hydroxylation is 2. The highest BCUT2D eigenvalue weighted by Crippen LogP contribution is 2.05. The molecule has 16 heavy (non-hydrogen) atoms. The zero-order valence-electron chi connectivity index (χ0n) is 10.5. The Labute approximate surface area is 98.2 Å². The van der Waals surface area contributed by atoms with Crippen molar-refractivity contribution in [3.63, 3.8) is 0 Å². The van der Waals surface area contributed by atoms with E-state index in [1.807, 2.05) is 11.6 Å². The number of aromatic nitrogens is 2. The predicted octanol–water partition coefficient (Wildman–Crippen LogP) is 2.10. The fourth-order valence-corrected chi connectivity index (χ4v) is 1.54. The first kappa shape index (κ1) is 12.8. The molecule has 0 aromatic carbocycles. The molecule has 0 atom stereocenters. The molecule has 1 heterocycles. The smallest absolute Gasteiger partial charge is 0.0638 e. The molecule has 3 nitrogen and oxygen atoms in total.